The molecule has 2 aromatic carbocycles. The maximum atomic E-state index is 13.1. The Morgan fingerprint density at radius 2 is 1.96 bits per heavy atom. The molecule has 0 saturated carbocycles. The molecule has 0 bridgehead atoms. The van der Waals surface area contributed by atoms with Crippen LogP contribution >= 0.6 is 22.6 Å². The van der Waals surface area contributed by atoms with Gasteiger partial charge in [0, 0.05) is 39.5 Å². The molecule has 28 heavy (non-hydrogen) atoms. The molecule has 6 nitrogen and oxygen atoms in total. The number of morpholine rings is 1. The summed E-state index contributed by atoms with van der Waals surface area (Å²) in [5, 5.41) is 13.6. The van der Waals surface area contributed by atoms with Crippen LogP contribution < -0.4 is 10.2 Å². The average Bonchev–Trinajstić information content (AvgIpc) is 2.69. The molecule has 1 aliphatic rings. The standard InChI is InChI=1S/C21H20IN3O3/c1-13-10-20(26)24-18-4-3-15(12-16(13)18)23-21(27)17-11-14(22)2-5-19(17)25-6-8-28-9-7-25/h2-5,10-12H,6-9H2,1H3,(H,23,27)(H,24,26). The molecule has 0 spiro atoms. The van der Waals surface area contributed by atoms with Gasteiger partial charge in [-0.1, -0.05) is 0 Å². The van der Waals surface area contributed by atoms with Crippen molar-refractivity contribution in [1.82, 2.24) is 4.98 Å². The molecular weight excluding hydrogens is 469 g/mol. The van der Waals surface area contributed by atoms with Crippen LogP contribution in [-0.4, -0.2) is 42.3 Å². The third-order valence-corrected chi connectivity index (χ3v) is 5.49. The molecule has 0 aliphatic carbocycles. The minimum atomic E-state index is -0.149. The average molecular weight is 489 g/mol. The number of halogens is 1. The van der Waals surface area contributed by atoms with E-state index in [4.69, 9.17) is 4.74 Å². The highest BCUT2D eigenvalue weighted by atomic mass is 127. The fraction of sp³-hybridized carbons (Fsp3) is 0.238. The van der Waals surface area contributed by atoms with Crippen LogP contribution in [-0.2, 0) is 4.74 Å². The van der Waals surface area contributed by atoms with E-state index in [1.54, 1.807) is 18.2 Å². The molecule has 4 rings (SSSR count). The molecule has 2 N–H and O–H groups in total. The molecule has 1 aliphatic heterocycles. The minimum absolute atomic E-state index is 0.00389. The van der Waals surface area contributed by atoms with Crippen molar-refractivity contribution in [1.29, 1.82) is 0 Å². The summed E-state index contributed by atoms with van der Waals surface area (Å²) in [7, 11) is 0. The van der Waals surface area contributed by atoms with Gasteiger partial charge in [0.2, 0.25) is 5.88 Å². The number of amides is 1. The van der Waals surface area contributed by atoms with E-state index < -0.39 is 0 Å². The van der Waals surface area contributed by atoms with Gasteiger partial charge in [-0.25, -0.2) is 4.98 Å². The van der Waals surface area contributed by atoms with Crippen molar-refractivity contribution in [3.05, 3.63) is 57.2 Å². The van der Waals surface area contributed by atoms with Gasteiger partial charge in [-0.3, -0.25) is 4.79 Å². The predicted molar refractivity (Wildman–Crippen MR) is 118 cm³/mol. The summed E-state index contributed by atoms with van der Waals surface area (Å²) < 4.78 is 6.44. The number of benzene rings is 2. The van der Waals surface area contributed by atoms with Crippen LogP contribution in [0.15, 0.2) is 42.5 Å². The number of aromatic nitrogens is 1. The molecule has 7 heteroatoms. The Morgan fingerprint density at radius 1 is 1.18 bits per heavy atom. The summed E-state index contributed by atoms with van der Waals surface area (Å²) in [5.74, 6) is -0.153. The number of aromatic hydroxyl groups is 1. The van der Waals surface area contributed by atoms with Crippen molar-refractivity contribution >= 4 is 50.8 Å². The van der Waals surface area contributed by atoms with Crippen LogP contribution in [0.3, 0.4) is 0 Å². The summed E-state index contributed by atoms with van der Waals surface area (Å²) in [6.07, 6.45) is 0. The highest BCUT2D eigenvalue weighted by molar-refractivity contribution is 14.1. The highest BCUT2D eigenvalue weighted by Gasteiger charge is 2.19. The van der Waals surface area contributed by atoms with Gasteiger partial charge in [0.15, 0.2) is 0 Å². The Bertz CT molecular complexity index is 1050. The second-order valence-corrected chi connectivity index (χ2v) is 7.99. The normalized spacial score (nSPS) is 14.3. The summed E-state index contributed by atoms with van der Waals surface area (Å²) in [4.78, 5) is 19.4. The van der Waals surface area contributed by atoms with Crippen molar-refractivity contribution in [2.75, 3.05) is 36.5 Å². The maximum Gasteiger partial charge on any atom is 0.257 e. The molecule has 0 unspecified atom stereocenters. The maximum absolute atomic E-state index is 13.1. The number of carbonyl (C=O) groups is 1. The number of nitrogens with zero attached hydrogens (tertiary/aromatic N) is 2. The topological polar surface area (TPSA) is 74.7 Å². The fourth-order valence-corrected chi connectivity index (χ4v) is 3.91. The summed E-state index contributed by atoms with van der Waals surface area (Å²) in [5.41, 5.74) is 3.86. The number of ether oxygens (including phenoxy) is 1. The Kier molecular flexibility index (Phi) is 5.36. The highest BCUT2D eigenvalue weighted by Crippen LogP contribution is 2.27. The quantitative estimate of drug-likeness (QED) is 0.546. The molecule has 0 atom stereocenters. The van der Waals surface area contributed by atoms with E-state index in [0.717, 1.165) is 33.3 Å². The lowest BCUT2D eigenvalue weighted by atomic mass is 10.1. The monoisotopic (exact) mass is 489 g/mol. The van der Waals surface area contributed by atoms with Gasteiger partial charge in [0.25, 0.3) is 5.91 Å². The molecule has 144 valence electrons. The molecule has 1 aromatic heterocycles. The summed E-state index contributed by atoms with van der Waals surface area (Å²) in [6, 6.07) is 13.0. The number of pyridine rings is 1. The van der Waals surface area contributed by atoms with Crippen molar-refractivity contribution in [2.24, 2.45) is 0 Å². The largest absolute Gasteiger partial charge is 0.493 e. The van der Waals surface area contributed by atoms with E-state index in [9.17, 15) is 9.90 Å². The molecule has 1 fully saturated rings. The SMILES string of the molecule is Cc1cc(O)nc2ccc(NC(=O)c3cc(I)ccc3N3CCOCC3)cc12. The molecule has 1 saturated heterocycles. The van der Waals surface area contributed by atoms with Gasteiger partial charge in [0.05, 0.1) is 24.3 Å². The van der Waals surface area contributed by atoms with Crippen molar-refractivity contribution < 1.29 is 14.6 Å². The first kappa shape index (κ1) is 18.9. The van der Waals surface area contributed by atoms with Crippen molar-refractivity contribution in [3.8, 4) is 5.88 Å². The molecule has 0 radical (unpaired) electrons. The second-order valence-electron chi connectivity index (χ2n) is 6.74. The van der Waals surface area contributed by atoms with Crippen LogP contribution in [0.1, 0.15) is 15.9 Å². The number of anilines is 2. The van der Waals surface area contributed by atoms with Gasteiger partial charge in [0.1, 0.15) is 0 Å². The number of rotatable bonds is 3. The van der Waals surface area contributed by atoms with Crippen molar-refractivity contribution in [2.45, 2.75) is 6.92 Å². The first-order valence-electron chi connectivity index (χ1n) is 9.05. The van der Waals surface area contributed by atoms with Crippen molar-refractivity contribution in [3.63, 3.8) is 0 Å². The number of fused-ring (bicyclic) bond motifs is 1. The van der Waals surface area contributed by atoms with E-state index in [1.165, 1.54) is 0 Å². The fourth-order valence-electron chi connectivity index (χ4n) is 3.42. The number of hydrogen-bond donors (Lipinski definition) is 2. The second kappa shape index (κ2) is 7.92. The van der Waals surface area contributed by atoms with E-state index in [-0.39, 0.29) is 11.8 Å². The Hall–Kier alpha value is -2.39. The van der Waals surface area contributed by atoms with Crippen LogP contribution in [0, 0.1) is 10.5 Å². The van der Waals surface area contributed by atoms with Gasteiger partial charge < -0.3 is 20.1 Å². The molecule has 1 amide bonds. The van der Waals surface area contributed by atoms with Gasteiger partial charge in [-0.05, 0) is 71.5 Å². The summed E-state index contributed by atoms with van der Waals surface area (Å²) in [6.45, 7) is 4.77. The Labute approximate surface area is 176 Å². The van der Waals surface area contributed by atoms with Crippen LogP contribution in [0.5, 0.6) is 5.88 Å². The zero-order valence-corrected chi connectivity index (χ0v) is 17.6. The summed E-state index contributed by atoms with van der Waals surface area (Å²) >= 11 is 2.22. The first-order valence-corrected chi connectivity index (χ1v) is 10.1. The number of aryl methyl sites for hydroxylation is 1. The minimum Gasteiger partial charge on any atom is -0.493 e. The Morgan fingerprint density at radius 3 is 2.75 bits per heavy atom. The molecular formula is C21H20IN3O3. The van der Waals surface area contributed by atoms with E-state index in [0.29, 0.717) is 30.0 Å². The predicted octanol–water partition coefficient (Wildman–Crippen LogP) is 3.94. The Balaban J connectivity index is 1.65. The molecule has 3 aromatic rings. The lowest BCUT2D eigenvalue weighted by Gasteiger charge is -2.30. The zero-order valence-electron chi connectivity index (χ0n) is 15.4. The zero-order chi connectivity index (χ0) is 19.7. The lowest BCUT2D eigenvalue weighted by molar-refractivity contribution is 0.102. The van der Waals surface area contributed by atoms with Crippen LogP contribution in [0.2, 0.25) is 0 Å². The third-order valence-electron chi connectivity index (χ3n) is 4.81. The van der Waals surface area contributed by atoms with E-state index in [1.807, 2.05) is 31.2 Å². The molecule has 2 heterocycles. The number of carbonyl (C=O) groups excluding carboxylic acids is 1. The van der Waals surface area contributed by atoms with Gasteiger partial charge >= 0.3 is 0 Å². The lowest BCUT2D eigenvalue weighted by Crippen LogP contribution is -2.37. The van der Waals surface area contributed by atoms with Crippen LogP contribution in [0.4, 0.5) is 11.4 Å². The van der Waals surface area contributed by atoms with E-state index >= 15 is 0 Å². The first-order chi connectivity index (χ1) is 13.5. The van der Waals surface area contributed by atoms with E-state index in [2.05, 4.69) is 37.8 Å². The van der Waals surface area contributed by atoms with Crippen LogP contribution in [0.25, 0.3) is 10.9 Å². The number of hydrogen-bond acceptors (Lipinski definition) is 5. The van der Waals surface area contributed by atoms with Gasteiger partial charge in [-0.2, -0.15) is 0 Å². The van der Waals surface area contributed by atoms with Gasteiger partial charge in [-0.15, -0.1) is 0 Å². The smallest absolute Gasteiger partial charge is 0.257 e. The number of nitrogens with one attached hydrogen (secondary N) is 1. The third kappa shape index (κ3) is 3.90.